The summed E-state index contributed by atoms with van der Waals surface area (Å²) in [6.07, 6.45) is 0. The molecule has 0 radical (unpaired) electrons. The Labute approximate surface area is 138 Å². The van der Waals surface area contributed by atoms with Gasteiger partial charge < -0.3 is 4.55 Å². The fraction of sp³-hybridized carbons (Fsp3) is 0.308. The maximum Gasteiger partial charge on any atom is 0.320 e. The normalized spacial score (nSPS) is 13.7. The Bertz CT molecular complexity index is 816. The number of aryl methyl sites for hydroxylation is 2. The minimum absolute atomic E-state index is 0.808. The van der Waals surface area contributed by atoms with Crippen molar-refractivity contribution in [2.75, 3.05) is 12.9 Å². The molecule has 0 atom stereocenters. The van der Waals surface area contributed by atoms with Crippen molar-refractivity contribution in [1.82, 2.24) is 9.78 Å². The number of rotatable bonds is 2. The predicted molar refractivity (Wildman–Crippen MR) is 83.9 cm³/mol. The highest BCUT2D eigenvalue weighted by molar-refractivity contribution is 7.99. The SMILES string of the molecule is COS(=O)(=O)[O-].Cc1nn(C)c2[n+]1N=C(c1ccccc1)CS2. The molecule has 0 fully saturated rings. The Morgan fingerprint density at radius 1 is 1.35 bits per heavy atom. The smallest absolute Gasteiger partial charge is 0.320 e. The van der Waals surface area contributed by atoms with Gasteiger partial charge in [0, 0.05) is 12.0 Å². The van der Waals surface area contributed by atoms with E-state index in [1.807, 2.05) is 41.5 Å². The van der Waals surface area contributed by atoms with Gasteiger partial charge in [-0.3, -0.25) is 4.18 Å². The molecular formula is C13H16N4O4S2. The summed E-state index contributed by atoms with van der Waals surface area (Å²) in [5.41, 5.74) is 2.28. The van der Waals surface area contributed by atoms with Gasteiger partial charge in [0.15, 0.2) is 0 Å². The molecule has 1 aliphatic rings. The average Bonchev–Trinajstić information content (AvgIpc) is 2.82. The van der Waals surface area contributed by atoms with Crippen molar-refractivity contribution >= 4 is 27.9 Å². The lowest BCUT2D eigenvalue weighted by atomic mass is 10.1. The third-order valence-electron chi connectivity index (χ3n) is 2.93. The molecule has 0 saturated heterocycles. The van der Waals surface area contributed by atoms with Gasteiger partial charge in [-0.15, -0.1) is 9.78 Å². The van der Waals surface area contributed by atoms with Crippen LogP contribution < -0.4 is 4.68 Å². The van der Waals surface area contributed by atoms with E-state index in [-0.39, 0.29) is 0 Å². The summed E-state index contributed by atoms with van der Waals surface area (Å²) in [6, 6.07) is 10.3. The summed E-state index contributed by atoms with van der Waals surface area (Å²) in [5.74, 6) is 1.81. The van der Waals surface area contributed by atoms with Crippen LogP contribution >= 0.6 is 11.8 Å². The zero-order chi connectivity index (χ0) is 17.0. The van der Waals surface area contributed by atoms with Crippen LogP contribution in [-0.2, 0) is 21.6 Å². The Morgan fingerprint density at radius 3 is 2.52 bits per heavy atom. The van der Waals surface area contributed by atoms with Crippen LogP contribution in [0.4, 0.5) is 0 Å². The Kier molecular flexibility index (Phi) is 5.52. The first kappa shape index (κ1) is 17.6. The Morgan fingerprint density at radius 2 is 1.96 bits per heavy atom. The van der Waals surface area contributed by atoms with E-state index >= 15 is 0 Å². The molecule has 0 aliphatic carbocycles. The lowest BCUT2D eigenvalue weighted by Crippen LogP contribution is -2.37. The highest BCUT2D eigenvalue weighted by atomic mass is 32.3. The number of aromatic nitrogens is 3. The fourth-order valence-electron chi connectivity index (χ4n) is 1.90. The lowest BCUT2D eigenvalue weighted by Gasteiger charge is -2.09. The number of hydrogen-bond acceptors (Lipinski definition) is 7. The minimum Gasteiger partial charge on any atom is -0.726 e. The highest BCUT2D eigenvalue weighted by Crippen LogP contribution is 2.19. The monoisotopic (exact) mass is 356 g/mol. The average molecular weight is 356 g/mol. The van der Waals surface area contributed by atoms with Crippen LogP contribution in [-0.4, -0.2) is 41.3 Å². The van der Waals surface area contributed by atoms with E-state index in [4.69, 9.17) is 0 Å². The topological polar surface area (TPSA) is 100 Å². The number of hydrogen-bond donors (Lipinski definition) is 0. The van der Waals surface area contributed by atoms with E-state index in [1.165, 1.54) is 5.56 Å². The highest BCUT2D eigenvalue weighted by Gasteiger charge is 2.26. The van der Waals surface area contributed by atoms with Crippen molar-refractivity contribution in [3.8, 4) is 0 Å². The molecule has 0 unspecified atom stereocenters. The van der Waals surface area contributed by atoms with Gasteiger partial charge in [0.25, 0.3) is 5.82 Å². The molecule has 23 heavy (non-hydrogen) atoms. The van der Waals surface area contributed by atoms with Gasteiger partial charge in [0.1, 0.15) is 0 Å². The molecule has 0 saturated carbocycles. The second-order valence-corrected chi connectivity index (χ2v) is 6.63. The summed E-state index contributed by atoms with van der Waals surface area (Å²) < 4.78 is 34.8. The van der Waals surface area contributed by atoms with E-state index in [9.17, 15) is 13.0 Å². The minimum atomic E-state index is -4.41. The molecule has 0 N–H and O–H groups in total. The van der Waals surface area contributed by atoms with Crippen LogP contribution in [0.2, 0.25) is 0 Å². The van der Waals surface area contributed by atoms with E-state index in [0.29, 0.717) is 0 Å². The number of thioether (sulfide) groups is 1. The van der Waals surface area contributed by atoms with Gasteiger partial charge in [0.05, 0.1) is 25.6 Å². The molecular weight excluding hydrogens is 340 g/mol. The van der Waals surface area contributed by atoms with Gasteiger partial charge in [-0.05, 0) is 17.3 Å². The van der Waals surface area contributed by atoms with E-state index in [0.717, 1.165) is 29.6 Å². The largest absolute Gasteiger partial charge is 0.726 e. The van der Waals surface area contributed by atoms with E-state index < -0.39 is 10.4 Å². The standard InChI is InChI=1S/C12H13N4S.CH4O4S/c1-9-13-15(2)12-16(9)14-11(8-17-12)10-6-4-3-5-7-10;1-5-6(2,3)4/h3-7H,8H2,1-2H3;1H3,(H,2,3,4)/q+1;/p-1. The van der Waals surface area contributed by atoms with Crippen LogP contribution in [0.3, 0.4) is 0 Å². The molecule has 0 bridgehead atoms. The van der Waals surface area contributed by atoms with E-state index in [1.54, 1.807) is 11.8 Å². The van der Waals surface area contributed by atoms with Crippen molar-refractivity contribution < 1.29 is 21.8 Å². The Balaban J connectivity index is 0.000000277. The lowest BCUT2D eigenvalue weighted by molar-refractivity contribution is -0.723. The van der Waals surface area contributed by atoms with Gasteiger partial charge in [-0.2, -0.15) is 0 Å². The van der Waals surface area contributed by atoms with Crippen molar-refractivity contribution in [3.05, 3.63) is 41.7 Å². The zero-order valence-corrected chi connectivity index (χ0v) is 14.5. The van der Waals surface area contributed by atoms with Gasteiger partial charge in [0.2, 0.25) is 10.4 Å². The fourth-order valence-corrected chi connectivity index (χ4v) is 2.91. The molecule has 8 nitrogen and oxygen atoms in total. The summed E-state index contributed by atoms with van der Waals surface area (Å²) in [7, 11) is -1.65. The first-order valence-electron chi connectivity index (χ1n) is 6.55. The van der Waals surface area contributed by atoms with Gasteiger partial charge in [-0.25, -0.2) is 8.42 Å². The first-order chi connectivity index (χ1) is 10.8. The first-order valence-corrected chi connectivity index (χ1v) is 8.87. The molecule has 0 spiro atoms. The van der Waals surface area contributed by atoms with Crippen LogP contribution in [0.15, 0.2) is 40.6 Å². The van der Waals surface area contributed by atoms with Crippen LogP contribution in [0.1, 0.15) is 11.4 Å². The van der Waals surface area contributed by atoms with Crippen molar-refractivity contribution in [3.63, 3.8) is 0 Å². The summed E-state index contributed by atoms with van der Waals surface area (Å²) >= 11 is 1.77. The quantitative estimate of drug-likeness (QED) is 0.440. The third kappa shape index (κ3) is 4.61. The molecule has 1 aliphatic heterocycles. The molecule has 0 amide bonds. The van der Waals surface area contributed by atoms with Gasteiger partial charge >= 0.3 is 5.16 Å². The second-order valence-electron chi connectivity index (χ2n) is 4.54. The molecule has 2 heterocycles. The van der Waals surface area contributed by atoms with Crippen molar-refractivity contribution in [2.24, 2.45) is 12.1 Å². The third-order valence-corrected chi connectivity index (χ3v) is 4.45. The molecule has 10 heteroatoms. The second kappa shape index (κ2) is 7.21. The van der Waals surface area contributed by atoms with Crippen LogP contribution in [0, 0.1) is 6.92 Å². The van der Waals surface area contributed by atoms with Crippen LogP contribution in [0.5, 0.6) is 0 Å². The van der Waals surface area contributed by atoms with Crippen molar-refractivity contribution in [1.29, 1.82) is 0 Å². The maximum atomic E-state index is 9.22. The number of nitrogens with zero attached hydrogens (tertiary/aromatic N) is 4. The summed E-state index contributed by atoms with van der Waals surface area (Å²) in [4.78, 5) is 0. The van der Waals surface area contributed by atoms with Gasteiger partial charge in [-0.1, -0.05) is 35.0 Å². The van der Waals surface area contributed by atoms with E-state index in [2.05, 4.69) is 26.5 Å². The number of fused-ring (bicyclic) bond motifs is 1. The molecule has 1 aromatic heterocycles. The summed E-state index contributed by atoms with van der Waals surface area (Å²) in [5, 5.41) is 10.1. The molecule has 124 valence electrons. The number of benzene rings is 1. The summed E-state index contributed by atoms with van der Waals surface area (Å²) in [6.45, 7) is 1.97. The molecule has 1 aromatic carbocycles. The molecule has 3 rings (SSSR count). The van der Waals surface area contributed by atoms with Crippen molar-refractivity contribution in [2.45, 2.75) is 12.1 Å². The maximum absolute atomic E-state index is 9.22. The Hall–Kier alpha value is -1.75. The predicted octanol–water partition coefficient (Wildman–Crippen LogP) is 0.467. The zero-order valence-electron chi connectivity index (χ0n) is 12.8. The molecule has 2 aromatic rings. The van der Waals surface area contributed by atoms with Crippen LogP contribution in [0.25, 0.3) is 0 Å².